The predicted octanol–water partition coefficient (Wildman–Crippen LogP) is 2.15. The molecule has 1 aliphatic rings. The highest BCUT2D eigenvalue weighted by molar-refractivity contribution is 7.12. The number of thiazole rings is 1. The van der Waals surface area contributed by atoms with Gasteiger partial charge in [0.25, 0.3) is 5.91 Å². The van der Waals surface area contributed by atoms with Gasteiger partial charge in [0.1, 0.15) is 0 Å². The van der Waals surface area contributed by atoms with Crippen molar-refractivity contribution in [1.82, 2.24) is 14.5 Å². The van der Waals surface area contributed by atoms with Gasteiger partial charge in [-0.3, -0.25) is 9.36 Å². The minimum atomic E-state index is -0.398. The Morgan fingerprint density at radius 1 is 1.48 bits per heavy atom. The van der Waals surface area contributed by atoms with Crippen LogP contribution in [0.5, 0.6) is 0 Å². The molecule has 2 aromatic heterocycles. The summed E-state index contributed by atoms with van der Waals surface area (Å²) in [6, 6.07) is 1.92. The summed E-state index contributed by atoms with van der Waals surface area (Å²) in [5.74, 6) is 0.00431. The van der Waals surface area contributed by atoms with E-state index in [1.807, 2.05) is 29.9 Å². The molecule has 0 aliphatic carbocycles. The second-order valence-electron chi connectivity index (χ2n) is 5.48. The van der Waals surface area contributed by atoms with Crippen molar-refractivity contribution >= 4 is 17.2 Å². The summed E-state index contributed by atoms with van der Waals surface area (Å²) in [6.07, 6.45) is 3.01. The lowest BCUT2D eigenvalue weighted by molar-refractivity contribution is 0.0473. The van der Waals surface area contributed by atoms with Gasteiger partial charge in [0.05, 0.1) is 11.7 Å². The zero-order valence-corrected chi connectivity index (χ0v) is 13.1. The van der Waals surface area contributed by atoms with Crippen LogP contribution < -0.4 is 0 Å². The Balaban J connectivity index is 1.93. The third-order valence-electron chi connectivity index (χ3n) is 3.96. The molecule has 1 atom stereocenters. The highest BCUT2D eigenvalue weighted by Crippen LogP contribution is 2.24. The van der Waals surface area contributed by atoms with Crippen LogP contribution in [0.3, 0.4) is 0 Å². The van der Waals surface area contributed by atoms with Crippen molar-refractivity contribution in [3.63, 3.8) is 0 Å². The number of carbonyl (C=O) groups excluding carboxylic acids is 1. The van der Waals surface area contributed by atoms with E-state index in [-0.39, 0.29) is 5.91 Å². The Hall–Kier alpha value is -1.66. The highest BCUT2D eigenvalue weighted by Gasteiger charge is 2.26. The molecular formula is C15H19N3O2S. The van der Waals surface area contributed by atoms with Crippen LogP contribution in [0.2, 0.25) is 0 Å². The summed E-state index contributed by atoms with van der Waals surface area (Å²) in [5.41, 5.74) is 2.62. The molecule has 0 bridgehead atoms. The van der Waals surface area contributed by atoms with Crippen molar-refractivity contribution in [1.29, 1.82) is 0 Å². The van der Waals surface area contributed by atoms with Gasteiger partial charge in [0.2, 0.25) is 0 Å². The third-order valence-corrected chi connectivity index (χ3v) is 4.71. The molecule has 1 fully saturated rings. The molecule has 0 aromatic carbocycles. The molecule has 1 amide bonds. The molecule has 21 heavy (non-hydrogen) atoms. The molecule has 0 radical (unpaired) electrons. The number of hydrogen-bond acceptors (Lipinski definition) is 4. The van der Waals surface area contributed by atoms with Crippen molar-refractivity contribution in [3.8, 4) is 5.13 Å². The molecule has 1 N–H and O–H groups in total. The van der Waals surface area contributed by atoms with E-state index in [9.17, 15) is 9.90 Å². The molecule has 3 rings (SSSR count). The standard InChI is InChI=1S/C15H19N3O2S/c1-10-8-13(11(2)18(10)15-16-5-7-21-15)14(20)17-6-3-4-12(19)9-17/h5,7-8,12,19H,3-4,6,9H2,1-2H3. The Bertz CT molecular complexity index is 648. The smallest absolute Gasteiger partial charge is 0.255 e. The Kier molecular flexibility index (Phi) is 3.82. The van der Waals surface area contributed by atoms with Crippen molar-refractivity contribution in [2.75, 3.05) is 13.1 Å². The first-order valence-corrected chi connectivity index (χ1v) is 8.02. The monoisotopic (exact) mass is 305 g/mol. The minimum absolute atomic E-state index is 0.00431. The summed E-state index contributed by atoms with van der Waals surface area (Å²) < 4.78 is 2.01. The van der Waals surface area contributed by atoms with E-state index in [4.69, 9.17) is 0 Å². The van der Waals surface area contributed by atoms with Gasteiger partial charge < -0.3 is 10.0 Å². The molecule has 0 spiro atoms. The van der Waals surface area contributed by atoms with E-state index in [0.29, 0.717) is 12.1 Å². The summed E-state index contributed by atoms with van der Waals surface area (Å²) in [4.78, 5) is 18.8. The maximum atomic E-state index is 12.7. The summed E-state index contributed by atoms with van der Waals surface area (Å²) in [6.45, 7) is 5.08. The zero-order valence-electron chi connectivity index (χ0n) is 12.2. The molecule has 112 valence electrons. The van der Waals surface area contributed by atoms with Gasteiger partial charge in [-0.1, -0.05) is 0 Å². The second-order valence-corrected chi connectivity index (χ2v) is 6.36. The number of nitrogens with zero attached hydrogens (tertiary/aromatic N) is 3. The van der Waals surface area contributed by atoms with Crippen LogP contribution in [0.25, 0.3) is 5.13 Å². The number of β-amino-alcohol motifs (C(OH)–C–C–N with tert-alkyl or cyclic N) is 1. The lowest BCUT2D eigenvalue weighted by Crippen LogP contribution is -2.42. The Labute approximate surface area is 127 Å². The molecule has 0 saturated carbocycles. The number of aliphatic hydroxyl groups is 1. The van der Waals surface area contributed by atoms with E-state index < -0.39 is 6.10 Å². The van der Waals surface area contributed by atoms with Gasteiger partial charge in [0, 0.05) is 36.1 Å². The average Bonchev–Trinajstić information content (AvgIpc) is 3.06. The summed E-state index contributed by atoms with van der Waals surface area (Å²) >= 11 is 1.55. The van der Waals surface area contributed by atoms with Crippen LogP contribution in [0.4, 0.5) is 0 Å². The molecule has 2 aromatic rings. The van der Waals surface area contributed by atoms with Crippen molar-refractivity contribution in [2.45, 2.75) is 32.8 Å². The number of rotatable bonds is 2. The van der Waals surface area contributed by atoms with Gasteiger partial charge in [-0.2, -0.15) is 0 Å². The third kappa shape index (κ3) is 2.61. The van der Waals surface area contributed by atoms with Gasteiger partial charge in [-0.25, -0.2) is 4.98 Å². The average molecular weight is 305 g/mol. The quantitative estimate of drug-likeness (QED) is 0.925. The van der Waals surface area contributed by atoms with E-state index in [0.717, 1.165) is 35.9 Å². The summed E-state index contributed by atoms with van der Waals surface area (Å²) in [7, 11) is 0. The fraction of sp³-hybridized carbons (Fsp3) is 0.467. The Morgan fingerprint density at radius 3 is 2.95 bits per heavy atom. The first-order chi connectivity index (χ1) is 10.1. The topological polar surface area (TPSA) is 58.4 Å². The van der Waals surface area contributed by atoms with E-state index >= 15 is 0 Å². The zero-order chi connectivity index (χ0) is 15.0. The molecule has 5 nitrogen and oxygen atoms in total. The Morgan fingerprint density at radius 2 is 2.29 bits per heavy atom. The molecule has 1 saturated heterocycles. The van der Waals surface area contributed by atoms with Crippen LogP contribution in [0, 0.1) is 13.8 Å². The number of amides is 1. The van der Waals surface area contributed by atoms with Crippen molar-refractivity contribution < 1.29 is 9.90 Å². The molecule has 6 heteroatoms. The maximum Gasteiger partial charge on any atom is 0.255 e. The normalized spacial score (nSPS) is 19.0. The van der Waals surface area contributed by atoms with Gasteiger partial charge in [-0.15, -0.1) is 11.3 Å². The number of carbonyl (C=O) groups is 1. The maximum absolute atomic E-state index is 12.7. The molecule has 1 aliphatic heterocycles. The number of aromatic nitrogens is 2. The van der Waals surface area contributed by atoms with Gasteiger partial charge in [0.15, 0.2) is 5.13 Å². The van der Waals surface area contributed by atoms with Crippen molar-refractivity contribution in [3.05, 3.63) is 34.6 Å². The van der Waals surface area contributed by atoms with Crippen LogP contribution in [0.15, 0.2) is 17.6 Å². The van der Waals surface area contributed by atoms with E-state index in [2.05, 4.69) is 4.98 Å². The van der Waals surface area contributed by atoms with Crippen molar-refractivity contribution in [2.24, 2.45) is 0 Å². The van der Waals surface area contributed by atoms with Crippen LogP contribution in [-0.4, -0.2) is 44.7 Å². The first-order valence-electron chi connectivity index (χ1n) is 7.14. The number of likely N-dealkylation sites (tertiary alicyclic amines) is 1. The summed E-state index contributed by atoms with van der Waals surface area (Å²) in [5, 5.41) is 12.6. The predicted molar refractivity (Wildman–Crippen MR) is 82.1 cm³/mol. The molecular weight excluding hydrogens is 286 g/mol. The SMILES string of the molecule is Cc1cc(C(=O)N2CCCC(O)C2)c(C)n1-c1nccs1. The lowest BCUT2D eigenvalue weighted by Gasteiger charge is -2.30. The fourth-order valence-corrected chi connectivity index (χ4v) is 3.66. The van der Waals surface area contributed by atoms with Gasteiger partial charge in [-0.05, 0) is 32.8 Å². The number of piperidine rings is 1. The van der Waals surface area contributed by atoms with E-state index in [1.54, 1.807) is 22.4 Å². The first kappa shape index (κ1) is 14.3. The van der Waals surface area contributed by atoms with Crippen LogP contribution >= 0.6 is 11.3 Å². The number of aryl methyl sites for hydroxylation is 1. The van der Waals surface area contributed by atoms with Crippen LogP contribution in [0.1, 0.15) is 34.6 Å². The lowest BCUT2D eigenvalue weighted by atomic mass is 10.1. The van der Waals surface area contributed by atoms with Crippen LogP contribution in [-0.2, 0) is 0 Å². The second kappa shape index (κ2) is 5.61. The largest absolute Gasteiger partial charge is 0.391 e. The van der Waals surface area contributed by atoms with E-state index in [1.165, 1.54) is 0 Å². The molecule has 3 heterocycles. The number of aliphatic hydroxyl groups excluding tert-OH is 1. The minimum Gasteiger partial charge on any atom is -0.391 e. The fourth-order valence-electron chi connectivity index (χ4n) is 2.91. The highest BCUT2D eigenvalue weighted by atomic mass is 32.1. The molecule has 1 unspecified atom stereocenters. The van der Waals surface area contributed by atoms with Gasteiger partial charge >= 0.3 is 0 Å². The number of hydrogen-bond donors (Lipinski definition) is 1.